The van der Waals surface area contributed by atoms with Gasteiger partial charge in [-0.25, -0.2) is 4.79 Å². The van der Waals surface area contributed by atoms with Crippen LogP contribution in [0.15, 0.2) is 24.3 Å². The highest BCUT2D eigenvalue weighted by Crippen LogP contribution is 2.45. The number of unbranched alkanes of at least 4 members (excludes halogenated alkanes) is 5. The van der Waals surface area contributed by atoms with Gasteiger partial charge in [0.2, 0.25) is 7.37 Å². The summed E-state index contributed by atoms with van der Waals surface area (Å²) >= 11 is 0. The molecule has 0 aromatic heterocycles. The van der Waals surface area contributed by atoms with Gasteiger partial charge >= 0.3 is 5.97 Å². The van der Waals surface area contributed by atoms with Crippen LogP contribution in [-0.2, 0) is 13.8 Å². The summed E-state index contributed by atoms with van der Waals surface area (Å²) in [5.41, 5.74) is 0.437. The second-order valence-corrected chi connectivity index (χ2v) is 8.71. The van der Waals surface area contributed by atoms with E-state index in [1.165, 1.54) is 32.8 Å². The van der Waals surface area contributed by atoms with E-state index in [1.54, 1.807) is 24.3 Å². The second kappa shape index (κ2) is 11.4. The van der Waals surface area contributed by atoms with E-state index < -0.39 is 7.37 Å². The number of rotatable bonds is 12. The minimum Gasteiger partial charge on any atom is -0.462 e. The molecule has 5 heteroatoms. The van der Waals surface area contributed by atoms with Crippen LogP contribution < -0.4 is 5.30 Å². The van der Waals surface area contributed by atoms with Crippen LogP contribution in [0.3, 0.4) is 0 Å². The molecule has 0 saturated carbocycles. The summed E-state index contributed by atoms with van der Waals surface area (Å²) in [4.78, 5) is 12.2. The third-order valence-electron chi connectivity index (χ3n) is 4.02. The molecule has 0 radical (unpaired) electrons. The van der Waals surface area contributed by atoms with Crippen LogP contribution in [0.1, 0.15) is 69.2 Å². The van der Waals surface area contributed by atoms with E-state index >= 15 is 0 Å². The molecule has 0 aliphatic rings. The fraction of sp³-hybridized carbons (Fsp3) is 0.632. The van der Waals surface area contributed by atoms with Crippen molar-refractivity contribution in [3.63, 3.8) is 0 Å². The zero-order valence-electron chi connectivity index (χ0n) is 15.3. The number of esters is 1. The van der Waals surface area contributed by atoms with Gasteiger partial charge in [0.15, 0.2) is 0 Å². The molecule has 0 fully saturated rings. The summed E-state index contributed by atoms with van der Waals surface area (Å²) in [6.07, 6.45) is 8.14. The Morgan fingerprint density at radius 2 is 1.75 bits per heavy atom. The van der Waals surface area contributed by atoms with Gasteiger partial charge in [-0.1, -0.05) is 52.0 Å². The normalized spacial score (nSPS) is 13.5. The summed E-state index contributed by atoms with van der Waals surface area (Å²) in [6.45, 7) is 4.59. The SMILES string of the molecule is CCCCCCCCOC(=O)c1cccc(P(=O)(CCC)OC)c1. The van der Waals surface area contributed by atoms with Crippen LogP contribution in [-0.4, -0.2) is 25.8 Å². The van der Waals surface area contributed by atoms with Gasteiger partial charge in [-0.15, -0.1) is 0 Å². The van der Waals surface area contributed by atoms with Gasteiger partial charge in [0.25, 0.3) is 0 Å². The van der Waals surface area contributed by atoms with Crippen LogP contribution in [0.25, 0.3) is 0 Å². The molecule has 0 spiro atoms. The van der Waals surface area contributed by atoms with Crippen molar-refractivity contribution in [3.8, 4) is 0 Å². The number of carbonyl (C=O) groups is 1. The van der Waals surface area contributed by atoms with Crippen LogP contribution in [0.2, 0.25) is 0 Å². The Bertz CT molecular complexity index is 542. The number of hydrogen-bond acceptors (Lipinski definition) is 4. The first-order valence-corrected chi connectivity index (χ1v) is 10.8. The summed E-state index contributed by atoms with van der Waals surface area (Å²) in [6, 6.07) is 6.82. The standard InChI is InChI=1S/C19H31O4P/c1-4-6-7-8-9-10-14-23-19(20)17-12-11-13-18(16-17)24(21,22-3)15-5-2/h11-13,16H,4-10,14-15H2,1-3H3. The van der Waals surface area contributed by atoms with E-state index in [4.69, 9.17) is 9.26 Å². The molecule has 136 valence electrons. The predicted octanol–water partition coefficient (Wildman–Crippen LogP) is 5.16. The molecule has 1 unspecified atom stereocenters. The van der Waals surface area contributed by atoms with Gasteiger partial charge in [0.1, 0.15) is 0 Å². The Balaban J connectivity index is 2.53. The average Bonchev–Trinajstić information content (AvgIpc) is 2.61. The molecule has 1 rings (SSSR count). The van der Waals surface area contributed by atoms with Crippen LogP contribution >= 0.6 is 7.37 Å². The molecule has 0 amide bonds. The van der Waals surface area contributed by atoms with Gasteiger partial charge in [0.05, 0.1) is 12.2 Å². The van der Waals surface area contributed by atoms with Gasteiger partial charge in [-0.2, -0.15) is 0 Å². The van der Waals surface area contributed by atoms with E-state index in [2.05, 4.69) is 6.92 Å². The largest absolute Gasteiger partial charge is 0.462 e. The number of hydrogen-bond donors (Lipinski definition) is 0. The Labute approximate surface area is 146 Å². The maximum atomic E-state index is 12.8. The van der Waals surface area contributed by atoms with Crippen LogP contribution in [0.4, 0.5) is 0 Å². The molecule has 0 bridgehead atoms. The minimum atomic E-state index is -2.87. The predicted molar refractivity (Wildman–Crippen MR) is 99.5 cm³/mol. The highest BCUT2D eigenvalue weighted by Gasteiger charge is 2.24. The first kappa shape index (κ1) is 20.9. The molecule has 0 heterocycles. The molecule has 0 saturated heterocycles. The van der Waals surface area contributed by atoms with Gasteiger partial charge in [-0.3, -0.25) is 4.57 Å². The maximum Gasteiger partial charge on any atom is 0.338 e. The lowest BCUT2D eigenvalue weighted by atomic mass is 10.1. The van der Waals surface area contributed by atoms with E-state index in [0.717, 1.165) is 19.3 Å². The fourth-order valence-electron chi connectivity index (χ4n) is 2.60. The molecule has 0 aliphatic carbocycles. The zero-order chi connectivity index (χ0) is 17.8. The number of ether oxygens (including phenoxy) is 1. The lowest BCUT2D eigenvalue weighted by Crippen LogP contribution is -2.13. The monoisotopic (exact) mass is 354 g/mol. The smallest absolute Gasteiger partial charge is 0.338 e. The lowest BCUT2D eigenvalue weighted by molar-refractivity contribution is 0.0498. The van der Waals surface area contributed by atoms with E-state index in [1.807, 2.05) is 6.92 Å². The first-order valence-electron chi connectivity index (χ1n) is 9.00. The van der Waals surface area contributed by atoms with Gasteiger partial charge in [-0.05, 0) is 31.0 Å². The fourth-order valence-corrected chi connectivity index (χ4v) is 4.48. The van der Waals surface area contributed by atoms with Crippen molar-refractivity contribution in [2.75, 3.05) is 19.9 Å². The highest BCUT2D eigenvalue weighted by molar-refractivity contribution is 7.66. The zero-order valence-corrected chi connectivity index (χ0v) is 16.1. The molecule has 24 heavy (non-hydrogen) atoms. The van der Waals surface area contributed by atoms with Crippen molar-refractivity contribution in [2.24, 2.45) is 0 Å². The summed E-state index contributed by atoms with van der Waals surface area (Å²) in [5, 5.41) is 0.584. The third kappa shape index (κ3) is 6.78. The Kier molecular flexibility index (Phi) is 9.97. The molecular formula is C19H31O4P. The van der Waals surface area contributed by atoms with E-state index in [9.17, 15) is 9.36 Å². The van der Waals surface area contributed by atoms with Crippen molar-refractivity contribution >= 4 is 18.6 Å². The van der Waals surface area contributed by atoms with E-state index in [-0.39, 0.29) is 5.97 Å². The van der Waals surface area contributed by atoms with Crippen molar-refractivity contribution in [1.82, 2.24) is 0 Å². The Morgan fingerprint density at radius 3 is 2.42 bits per heavy atom. The molecule has 0 N–H and O–H groups in total. The number of carbonyl (C=O) groups excluding carboxylic acids is 1. The quantitative estimate of drug-likeness (QED) is 0.295. The summed E-state index contributed by atoms with van der Waals surface area (Å²) in [5.74, 6) is -0.357. The third-order valence-corrected chi connectivity index (χ3v) is 6.71. The Morgan fingerprint density at radius 1 is 1.04 bits per heavy atom. The summed E-state index contributed by atoms with van der Waals surface area (Å²) < 4.78 is 23.3. The van der Waals surface area contributed by atoms with Crippen molar-refractivity contribution < 1.29 is 18.6 Å². The molecule has 0 aliphatic heterocycles. The molecule has 4 nitrogen and oxygen atoms in total. The van der Waals surface area contributed by atoms with Gasteiger partial charge < -0.3 is 9.26 Å². The highest BCUT2D eigenvalue weighted by atomic mass is 31.2. The van der Waals surface area contributed by atoms with Crippen LogP contribution in [0, 0.1) is 0 Å². The Hall–Kier alpha value is -1.12. The molecule has 1 atom stereocenters. The first-order chi connectivity index (χ1) is 11.6. The van der Waals surface area contributed by atoms with Crippen molar-refractivity contribution in [2.45, 2.75) is 58.8 Å². The number of benzene rings is 1. The van der Waals surface area contributed by atoms with Crippen molar-refractivity contribution in [3.05, 3.63) is 29.8 Å². The summed E-state index contributed by atoms with van der Waals surface area (Å²) in [7, 11) is -1.42. The van der Waals surface area contributed by atoms with E-state index in [0.29, 0.717) is 23.6 Å². The minimum absolute atomic E-state index is 0.357. The average molecular weight is 354 g/mol. The second-order valence-electron chi connectivity index (χ2n) is 6.03. The van der Waals surface area contributed by atoms with Gasteiger partial charge in [0, 0.05) is 18.6 Å². The van der Waals surface area contributed by atoms with Crippen molar-refractivity contribution in [1.29, 1.82) is 0 Å². The maximum absolute atomic E-state index is 12.8. The topological polar surface area (TPSA) is 52.6 Å². The molecule has 1 aromatic rings. The van der Waals surface area contributed by atoms with Crippen LogP contribution in [0.5, 0.6) is 0 Å². The molecule has 1 aromatic carbocycles. The lowest BCUT2D eigenvalue weighted by Gasteiger charge is -2.16. The molecular weight excluding hydrogens is 323 g/mol.